The highest BCUT2D eigenvalue weighted by molar-refractivity contribution is 5.93. The Hall–Kier alpha value is -4.65. The van der Waals surface area contributed by atoms with E-state index in [1.165, 1.54) is 18.2 Å². The average Bonchev–Trinajstić information content (AvgIpc) is 2.95. The van der Waals surface area contributed by atoms with Crippen molar-refractivity contribution in [1.29, 1.82) is 0 Å². The highest BCUT2D eigenvalue weighted by Gasteiger charge is 2.30. The fraction of sp³-hybridized carbons (Fsp3) is 0.125. The molecule has 0 atom stereocenters. The zero-order chi connectivity index (χ0) is 27.8. The second kappa shape index (κ2) is 12.3. The highest BCUT2D eigenvalue weighted by atomic mass is 19.4. The van der Waals surface area contributed by atoms with Crippen molar-refractivity contribution in [3.8, 4) is 28.0 Å². The second-order valence-corrected chi connectivity index (χ2v) is 8.61. The molecule has 0 heterocycles. The molecule has 0 bridgehead atoms. The van der Waals surface area contributed by atoms with Gasteiger partial charge in [-0.2, -0.15) is 13.2 Å². The van der Waals surface area contributed by atoms with Crippen LogP contribution in [-0.4, -0.2) is 18.9 Å². The largest absolute Gasteiger partial charge is 0.489 e. The number of halogens is 3. The van der Waals surface area contributed by atoms with Gasteiger partial charge in [0.25, 0.3) is 0 Å². The van der Waals surface area contributed by atoms with Crippen molar-refractivity contribution in [1.82, 2.24) is 0 Å². The number of ether oxygens (including phenoxy) is 2. The number of alkyl halides is 3. The molecule has 4 rings (SSSR count). The third-order valence-corrected chi connectivity index (χ3v) is 5.95. The summed E-state index contributed by atoms with van der Waals surface area (Å²) in [5.41, 5.74) is 3.07. The third kappa shape index (κ3) is 7.02. The summed E-state index contributed by atoms with van der Waals surface area (Å²) in [5, 5.41) is 0. The summed E-state index contributed by atoms with van der Waals surface area (Å²) >= 11 is 0. The highest BCUT2D eigenvalue weighted by Crippen LogP contribution is 2.35. The van der Waals surface area contributed by atoms with Crippen molar-refractivity contribution in [3.05, 3.63) is 119 Å². The van der Waals surface area contributed by atoms with Crippen LogP contribution in [0.25, 0.3) is 28.3 Å². The van der Waals surface area contributed by atoms with Crippen molar-refractivity contribution >= 4 is 18.3 Å². The number of carbonyl (C=O) groups excluding carboxylic acids is 2. The van der Waals surface area contributed by atoms with E-state index in [0.29, 0.717) is 40.9 Å². The number of rotatable bonds is 9. The van der Waals surface area contributed by atoms with Gasteiger partial charge in [0, 0.05) is 11.6 Å². The molecule has 39 heavy (non-hydrogen) atoms. The van der Waals surface area contributed by atoms with E-state index in [1.54, 1.807) is 49.4 Å². The van der Waals surface area contributed by atoms with E-state index in [9.17, 15) is 22.8 Å². The smallest absolute Gasteiger partial charge is 0.416 e. The van der Waals surface area contributed by atoms with E-state index in [2.05, 4.69) is 0 Å². The van der Waals surface area contributed by atoms with Crippen LogP contribution < -0.4 is 4.74 Å². The number of aldehydes is 1. The molecule has 0 unspecified atom stereocenters. The molecule has 4 aromatic carbocycles. The summed E-state index contributed by atoms with van der Waals surface area (Å²) in [4.78, 5) is 24.0. The van der Waals surface area contributed by atoms with Gasteiger partial charge in [0.15, 0.2) is 6.29 Å². The van der Waals surface area contributed by atoms with Crippen molar-refractivity contribution < 1.29 is 32.2 Å². The molecule has 0 saturated heterocycles. The Labute approximate surface area is 224 Å². The minimum absolute atomic E-state index is 0.232. The van der Waals surface area contributed by atoms with E-state index in [-0.39, 0.29) is 17.7 Å². The molecule has 198 valence electrons. The molecule has 0 aliphatic rings. The molecule has 0 spiro atoms. The fourth-order valence-electron chi connectivity index (χ4n) is 4.07. The maximum absolute atomic E-state index is 13.2. The van der Waals surface area contributed by atoms with Crippen LogP contribution in [0, 0.1) is 0 Å². The molecular formula is C32H25F3O4. The van der Waals surface area contributed by atoms with Crippen molar-refractivity contribution in [3.63, 3.8) is 0 Å². The van der Waals surface area contributed by atoms with Gasteiger partial charge in [-0.1, -0.05) is 60.7 Å². The van der Waals surface area contributed by atoms with Crippen LogP contribution in [0.1, 0.15) is 34.0 Å². The first-order chi connectivity index (χ1) is 18.8. The number of hydrogen-bond acceptors (Lipinski definition) is 4. The van der Waals surface area contributed by atoms with Gasteiger partial charge in [-0.3, -0.25) is 4.79 Å². The summed E-state index contributed by atoms with van der Waals surface area (Å²) in [6, 6.07) is 24.8. The quantitative estimate of drug-likeness (QED) is 0.125. The van der Waals surface area contributed by atoms with Gasteiger partial charge in [0.05, 0.1) is 12.2 Å². The lowest BCUT2D eigenvalue weighted by atomic mass is 9.92. The summed E-state index contributed by atoms with van der Waals surface area (Å²) < 4.78 is 50.7. The maximum Gasteiger partial charge on any atom is 0.416 e. The Morgan fingerprint density at radius 2 is 1.54 bits per heavy atom. The number of esters is 1. The third-order valence-electron chi connectivity index (χ3n) is 5.95. The van der Waals surface area contributed by atoms with Gasteiger partial charge >= 0.3 is 12.1 Å². The minimum atomic E-state index is -4.50. The van der Waals surface area contributed by atoms with E-state index >= 15 is 0 Å². The van der Waals surface area contributed by atoms with Crippen molar-refractivity contribution in [2.75, 3.05) is 6.61 Å². The molecule has 0 aliphatic heterocycles. The molecular weight excluding hydrogens is 505 g/mol. The molecule has 4 nitrogen and oxygen atoms in total. The van der Waals surface area contributed by atoms with Crippen LogP contribution in [0.4, 0.5) is 13.2 Å². The van der Waals surface area contributed by atoms with Crippen LogP contribution in [0.3, 0.4) is 0 Å². The Bertz CT molecular complexity index is 1490. The van der Waals surface area contributed by atoms with Crippen LogP contribution in [0.5, 0.6) is 5.75 Å². The molecule has 0 N–H and O–H groups in total. The van der Waals surface area contributed by atoms with Gasteiger partial charge in [0.2, 0.25) is 0 Å². The summed E-state index contributed by atoms with van der Waals surface area (Å²) in [6.07, 6.45) is -0.975. The number of benzene rings is 4. The first-order valence-corrected chi connectivity index (χ1v) is 12.2. The first-order valence-electron chi connectivity index (χ1n) is 12.2. The zero-order valence-corrected chi connectivity index (χ0v) is 21.1. The predicted octanol–water partition coefficient (Wildman–Crippen LogP) is 8.01. The second-order valence-electron chi connectivity index (χ2n) is 8.61. The topological polar surface area (TPSA) is 52.6 Å². The average molecular weight is 531 g/mol. The summed E-state index contributed by atoms with van der Waals surface area (Å²) in [6.45, 7) is 2.29. The fourth-order valence-corrected chi connectivity index (χ4v) is 4.07. The predicted molar refractivity (Wildman–Crippen MR) is 144 cm³/mol. The number of hydrogen-bond donors (Lipinski definition) is 0. The van der Waals surface area contributed by atoms with Gasteiger partial charge in [-0.05, 0) is 76.7 Å². The maximum atomic E-state index is 13.2. The van der Waals surface area contributed by atoms with Gasteiger partial charge in [0.1, 0.15) is 12.4 Å². The van der Waals surface area contributed by atoms with Crippen LogP contribution >= 0.6 is 0 Å². The molecule has 0 radical (unpaired) electrons. The van der Waals surface area contributed by atoms with E-state index < -0.39 is 17.7 Å². The number of carbonyl (C=O) groups is 2. The minimum Gasteiger partial charge on any atom is -0.489 e. The van der Waals surface area contributed by atoms with Crippen LogP contribution in [0.15, 0.2) is 97.1 Å². The van der Waals surface area contributed by atoms with Crippen molar-refractivity contribution in [2.24, 2.45) is 0 Å². The first kappa shape index (κ1) is 27.4. The lowest BCUT2D eigenvalue weighted by molar-refractivity contribution is -0.138. The zero-order valence-electron chi connectivity index (χ0n) is 21.1. The van der Waals surface area contributed by atoms with Crippen LogP contribution in [-0.2, 0) is 22.3 Å². The van der Waals surface area contributed by atoms with E-state index in [1.807, 2.05) is 30.3 Å². The SMILES string of the molecule is CCOC(=O)/C=C/c1cc(OCc2ccccc2)ccc1-c1ccc(-c2cccc(C(F)(F)F)c2)c(C=O)c1. The van der Waals surface area contributed by atoms with Gasteiger partial charge in [-0.15, -0.1) is 0 Å². The summed E-state index contributed by atoms with van der Waals surface area (Å²) in [7, 11) is 0. The molecule has 0 fully saturated rings. The Kier molecular flexibility index (Phi) is 8.61. The van der Waals surface area contributed by atoms with E-state index in [4.69, 9.17) is 9.47 Å². The molecule has 4 aromatic rings. The van der Waals surface area contributed by atoms with Crippen molar-refractivity contribution in [2.45, 2.75) is 19.7 Å². The Morgan fingerprint density at radius 1 is 0.821 bits per heavy atom. The van der Waals surface area contributed by atoms with Gasteiger partial charge < -0.3 is 9.47 Å². The normalized spacial score (nSPS) is 11.4. The molecule has 0 amide bonds. The Balaban J connectivity index is 1.71. The molecule has 7 heteroatoms. The van der Waals surface area contributed by atoms with E-state index in [0.717, 1.165) is 17.7 Å². The standard InChI is InChI=1S/C32H25F3O4/c1-2-38-31(37)16-12-25-19-28(39-21-22-7-4-3-5-8-22)13-15-29(25)24-11-14-30(26(17-24)20-36)23-9-6-10-27(18-23)32(33,34)35/h3-20H,2,21H2,1H3/b16-12+. The van der Waals surface area contributed by atoms with Crippen LogP contribution in [0.2, 0.25) is 0 Å². The molecule has 0 aromatic heterocycles. The Morgan fingerprint density at radius 3 is 2.26 bits per heavy atom. The molecule has 0 saturated carbocycles. The monoisotopic (exact) mass is 530 g/mol. The lowest BCUT2D eigenvalue weighted by Gasteiger charge is -2.14. The summed E-state index contributed by atoms with van der Waals surface area (Å²) in [5.74, 6) is 0.0647. The molecule has 0 aliphatic carbocycles. The van der Waals surface area contributed by atoms with Gasteiger partial charge in [-0.25, -0.2) is 4.79 Å². The lowest BCUT2D eigenvalue weighted by Crippen LogP contribution is -2.04.